The van der Waals surface area contributed by atoms with Gasteiger partial charge in [-0.15, -0.1) is 0 Å². The number of nitrogens with zero attached hydrogens (tertiary/aromatic N) is 2. The van der Waals surface area contributed by atoms with E-state index in [0.29, 0.717) is 35.3 Å². The van der Waals surface area contributed by atoms with Gasteiger partial charge in [0.25, 0.3) is 5.91 Å². The molecule has 0 saturated carbocycles. The molecule has 0 aliphatic carbocycles. The van der Waals surface area contributed by atoms with Gasteiger partial charge in [-0.1, -0.05) is 30.3 Å². The summed E-state index contributed by atoms with van der Waals surface area (Å²) in [7, 11) is 4.41. The maximum absolute atomic E-state index is 13.8. The summed E-state index contributed by atoms with van der Waals surface area (Å²) >= 11 is 0. The SMILES string of the molecule is CCOc1ccc(NC(=O)N2CCN(C(=O)c3cc(OC)c(OC)c(OC)c3)C(C(=O)NCc3ccccc3)C2)cc1. The summed E-state index contributed by atoms with van der Waals surface area (Å²) < 4.78 is 21.7. The molecule has 0 aromatic heterocycles. The molecule has 1 saturated heterocycles. The lowest BCUT2D eigenvalue weighted by atomic mass is 10.1. The van der Waals surface area contributed by atoms with Crippen LogP contribution in [0.3, 0.4) is 0 Å². The lowest BCUT2D eigenvalue weighted by Gasteiger charge is -2.40. The van der Waals surface area contributed by atoms with Crippen molar-refractivity contribution < 1.29 is 33.3 Å². The van der Waals surface area contributed by atoms with Crippen molar-refractivity contribution in [1.82, 2.24) is 15.1 Å². The van der Waals surface area contributed by atoms with Crippen molar-refractivity contribution in [2.24, 2.45) is 0 Å². The predicted molar refractivity (Wildman–Crippen MR) is 157 cm³/mol. The summed E-state index contributed by atoms with van der Waals surface area (Å²) in [6.45, 7) is 3.07. The number of benzene rings is 3. The second-order valence-corrected chi connectivity index (χ2v) is 9.47. The summed E-state index contributed by atoms with van der Waals surface area (Å²) in [6.07, 6.45) is 0. The highest BCUT2D eigenvalue weighted by Crippen LogP contribution is 2.38. The van der Waals surface area contributed by atoms with E-state index in [4.69, 9.17) is 18.9 Å². The Morgan fingerprint density at radius 2 is 1.55 bits per heavy atom. The number of hydrogen-bond acceptors (Lipinski definition) is 7. The second-order valence-electron chi connectivity index (χ2n) is 9.47. The normalized spacial score (nSPS) is 14.5. The number of anilines is 1. The Balaban J connectivity index is 1.56. The van der Waals surface area contributed by atoms with Crippen LogP contribution in [0.4, 0.5) is 10.5 Å². The van der Waals surface area contributed by atoms with Crippen LogP contribution in [0, 0.1) is 0 Å². The Kier molecular flexibility index (Phi) is 10.1. The molecule has 1 heterocycles. The number of carbonyl (C=O) groups is 3. The third-order valence-electron chi connectivity index (χ3n) is 6.87. The van der Waals surface area contributed by atoms with E-state index in [1.54, 1.807) is 36.4 Å². The third-order valence-corrected chi connectivity index (χ3v) is 6.87. The highest BCUT2D eigenvalue weighted by atomic mass is 16.5. The molecule has 4 rings (SSSR count). The number of hydrogen-bond donors (Lipinski definition) is 2. The summed E-state index contributed by atoms with van der Waals surface area (Å²) in [5.74, 6) is 0.908. The number of carbonyl (C=O) groups excluding carboxylic acids is 3. The molecule has 11 nitrogen and oxygen atoms in total. The molecule has 2 N–H and O–H groups in total. The van der Waals surface area contributed by atoms with Gasteiger partial charge in [-0.2, -0.15) is 0 Å². The van der Waals surface area contributed by atoms with Gasteiger partial charge in [0.05, 0.1) is 34.5 Å². The first-order chi connectivity index (χ1) is 20.4. The van der Waals surface area contributed by atoms with Crippen LogP contribution in [0.2, 0.25) is 0 Å². The Morgan fingerprint density at radius 3 is 2.14 bits per heavy atom. The zero-order chi connectivity index (χ0) is 30.1. The Labute approximate surface area is 245 Å². The Hall–Kier alpha value is -4.93. The fourth-order valence-electron chi connectivity index (χ4n) is 4.71. The van der Waals surface area contributed by atoms with Crippen molar-refractivity contribution in [3.63, 3.8) is 0 Å². The average Bonchev–Trinajstić information content (AvgIpc) is 3.03. The minimum absolute atomic E-state index is 0.000347. The predicted octanol–water partition coefficient (Wildman–Crippen LogP) is 3.79. The van der Waals surface area contributed by atoms with E-state index in [0.717, 1.165) is 5.56 Å². The molecule has 0 spiro atoms. The molecule has 3 aromatic carbocycles. The number of methoxy groups -OCH3 is 3. The number of rotatable bonds is 10. The molecule has 1 aliphatic rings. The van der Waals surface area contributed by atoms with E-state index in [1.165, 1.54) is 31.1 Å². The van der Waals surface area contributed by atoms with Crippen LogP contribution in [0.5, 0.6) is 23.0 Å². The monoisotopic (exact) mass is 576 g/mol. The molecule has 1 fully saturated rings. The fraction of sp³-hybridized carbons (Fsp3) is 0.323. The standard InChI is InChI=1S/C31H36N4O7/c1-5-42-24-13-11-23(12-14-24)33-31(38)34-15-16-35(25(20-34)29(36)32-19-21-9-7-6-8-10-21)30(37)22-17-26(39-2)28(41-4)27(18-22)40-3/h6-14,17-18,25H,5,15-16,19-20H2,1-4H3,(H,32,36)(H,33,38). The zero-order valence-electron chi connectivity index (χ0n) is 24.2. The number of ether oxygens (including phenoxy) is 4. The molecule has 222 valence electrons. The third kappa shape index (κ3) is 7.03. The number of piperazine rings is 1. The largest absolute Gasteiger partial charge is 0.494 e. The van der Waals surface area contributed by atoms with Crippen molar-refractivity contribution in [3.8, 4) is 23.0 Å². The van der Waals surface area contributed by atoms with Crippen LogP contribution in [0.25, 0.3) is 0 Å². The van der Waals surface area contributed by atoms with Crippen LogP contribution in [0.1, 0.15) is 22.8 Å². The molecule has 0 bridgehead atoms. The number of nitrogens with one attached hydrogen (secondary N) is 2. The van der Waals surface area contributed by atoms with Gasteiger partial charge >= 0.3 is 6.03 Å². The maximum atomic E-state index is 13.8. The highest BCUT2D eigenvalue weighted by molar-refractivity contribution is 5.99. The Morgan fingerprint density at radius 1 is 0.881 bits per heavy atom. The summed E-state index contributed by atoms with van der Waals surface area (Å²) in [6, 6.07) is 18.3. The van der Waals surface area contributed by atoms with Crippen LogP contribution in [-0.2, 0) is 11.3 Å². The first-order valence-corrected chi connectivity index (χ1v) is 13.6. The first kappa shape index (κ1) is 30.0. The van der Waals surface area contributed by atoms with E-state index in [-0.39, 0.29) is 43.7 Å². The molecule has 1 unspecified atom stereocenters. The van der Waals surface area contributed by atoms with Crippen molar-refractivity contribution in [2.45, 2.75) is 19.5 Å². The van der Waals surface area contributed by atoms with E-state index >= 15 is 0 Å². The summed E-state index contributed by atoms with van der Waals surface area (Å²) in [5.41, 5.74) is 1.76. The van der Waals surface area contributed by atoms with Crippen LogP contribution < -0.4 is 29.6 Å². The van der Waals surface area contributed by atoms with E-state index in [2.05, 4.69) is 10.6 Å². The van der Waals surface area contributed by atoms with Gasteiger partial charge in [0.2, 0.25) is 11.7 Å². The van der Waals surface area contributed by atoms with Crippen molar-refractivity contribution in [3.05, 3.63) is 77.9 Å². The average molecular weight is 577 g/mol. The smallest absolute Gasteiger partial charge is 0.321 e. The molecule has 1 atom stereocenters. The van der Waals surface area contributed by atoms with Crippen LogP contribution in [-0.4, -0.2) is 81.3 Å². The van der Waals surface area contributed by atoms with Crippen molar-refractivity contribution in [1.29, 1.82) is 0 Å². The van der Waals surface area contributed by atoms with Crippen LogP contribution >= 0.6 is 0 Å². The minimum atomic E-state index is -0.944. The molecule has 1 aliphatic heterocycles. The van der Waals surface area contributed by atoms with Crippen molar-refractivity contribution >= 4 is 23.5 Å². The van der Waals surface area contributed by atoms with E-state index in [1.807, 2.05) is 37.3 Å². The Bertz CT molecular complexity index is 1360. The van der Waals surface area contributed by atoms with Gasteiger partial charge in [-0.05, 0) is 48.9 Å². The molecular weight excluding hydrogens is 540 g/mol. The summed E-state index contributed by atoms with van der Waals surface area (Å²) in [4.78, 5) is 43.6. The topological polar surface area (TPSA) is 119 Å². The van der Waals surface area contributed by atoms with Crippen LogP contribution in [0.15, 0.2) is 66.7 Å². The summed E-state index contributed by atoms with van der Waals surface area (Å²) in [5, 5.41) is 5.79. The van der Waals surface area contributed by atoms with E-state index in [9.17, 15) is 14.4 Å². The van der Waals surface area contributed by atoms with Gasteiger partial charge in [-0.3, -0.25) is 9.59 Å². The fourth-order valence-corrected chi connectivity index (χ4v) is 4.71. The first-order valence-electron chi connectivity index (χ1n) is 13.6. The molecule has 4 amide bonds. The molecule has 0 radical (unpaired) electrons. The van der Waals surface area contributed by atoms with Gasteiger partial charge in [0.15, 0.2) is 11.5 Å². The van der Waals surface area contributed by atoms with Gasteiger partial charge in [0.1, 0.15) is 11.8 Å². The minimum Gasteiger partial charge on any atom is -0.494 e. The van der Waals surface area contributed by atoms with Crippen molar-refractivity contribution in [2.75, 3.05) is 52.9 Å². The molecule has 11 heteroatoms. The second kappa shape index (κ2) is 14.1. The van der Waals surface area contributed by atoms with E-state index < -0.39 is 11.9 Å². The maximum Gasteiger partial charge on any atom is 0.321 e. The quantitative estimate of drug-likeness (QED) is 0.377. The number of amides is 4. The molecule has 42 heavy (non-hydrogen) atoms. The van der Waals surface area contributed by atoms with Gasteiger partial charge in [0, 0.05) is 30.9 Å². The number of urea groups is 1. The highest BCUT2D eigenvalue weighted by Gasteiger charge is 2.38. The van der Waals surface area contributed by atoms with Gasteiger partial charge < -0.3 is 39.4 Å². The molecular formula is C31H36N4O7. The lowest BCUT2D eigenvalue weighted by Crippen LogP contribution is -2.62. The van der Waals surface area contributed by atoms with Gasteiger partial charge in [-0.25, -0.2) is 4.79 Å². The zero-order valence-corrected chi connectivity index (χ0v) is 24.2. The molecule has 3 aromatic rings. The lowest BCUT2D eigenvalue weighted by molar-refractivity contribution is -0.127.